The van der Waals surface area contributed by atoms with Gasteiger partial charge >= 0.3 is 59.1 Å². The molecule has 0 radical (unpaired) electrons. The molecule has 0 amide bonds. The topological polar surface area (TPSA) is 255 Å². The van der Waals surface area contributed by atoms with Gasteiger partial charge < -0.3 is 40.6 Å². The standard InChI is InChI=1S/C34H28N8O8S2.2Na/c43-31-19-29(39-33(41-31)37-23-7-3-1-4-8-23)35-25-15-13-21(27(17-25)51(45,46)47)11-12-22-14-16-26(18-28(22)52(48,49)50)36-30-20-32(44)42-34(40-30)38-24-9-5-2-6-10-24;;/h1-20H,(H,45,46,47)(H,48,49,50)(H3,35,37,39,41,43)(H3,36,38,40,42,44);;/q;2*+1/p-2. The zero-order chi connectivity index (χ0) is 36.9. The van der Waals surface area contributed by atoms with Crippen molar-refractivity contribution < 1.29 is 95.3 Å². The maximum Gasteiger partial charge on any atom is 1.00 e. The first-order valence-electron chi connectivity index (χ1n) is 15.0. The van der Waals surface area contributed by atoms with Crippen molar-refractivity contribution in [3.8, 4) is 11.8 Å². The van der Waals surface area contributed by atoms with E-state index >= 15 is 0 Å². The Labute approximate surface area is 354 Å². The summed E-state index contributed by atoms with van der Waals surface area (Å²) in [6, 6.07) is 27.7. The van der Waals surface area contributed by atoms with Crippen LogP contribution in [0.3, 0.4) is 0 Å². The van der Waals surface area contributed by atoms with Crippen LogP contribution in [0.25, 0.3) is 12.2 Å². The fourth-order valence-electron chi connectivity index (χ4n) is 4.82. The van der Waals surface area contributed by atoms with Crippen LogP contribution in [0, 0.1) is 0 Å². The van der Waals surface area contributed by atoms with Gasteiger partial charge in [0, 0.05) is 34.9 Å². The molecular weight excluding hydrogens is 759 g/mol. The van der Waals surface area contributed by atoms with Gasteiger partial charge in [-0.1, -0.05) is 60.7 Å². The molecule has 0 saturated heterocycles. The fraction of sp³-hybridized carbons (Fsp3) is 0. The Morgan fingerprint density at radius 2 is 0.852 bits per heavy atom. The van der Waals surface area contributed by atoms with E-state index in [0.717, 1.165) is 12.1 Å². The molecule has 0 aliphatic heterocycles. The van der Waals surface area contributed by atoms with E-state index in [1.165, 1.54) is 48.6 Å². The number of aromatic hydroxyl groups is 2. The Morgan fingerprint density at radius 3 is 1.20 bits per heavy atom. The zero-order valence-corrected chi connectivity index (χ0v) is 34.1. The Hall–Kier alpha value is -4.60. The summed E-state index contributed by atoms with van der Waals surface area (Å²) in [6.45, 7) is 0. The normalized spacial score (nSPS) is 11.2. The molecule has 0 aliphatic carbocycles. The predicted molar refractivity (Wildman–Crippen MR) is 191 cm³/mol. The molecule has 2 heterocycles. The van der Waals surface area contributed by atoms with Crippen LogP contribution in [0.1, 0.15) is 11.1 Å². The van der Waals surface area contributed by atoms with E-state index in [1.807, 2.05) is 12.1 Å². The predicted octanol–water partition coefficient (Wildman–Crippen LogP) is -0.361. The van der Waals surface area contributed by atoms with Crippen LogP contribution in [-0.2, 0) is 20.2 Å². The number of benzene rings is 4. The maximum atomic E-state index is 12.3. The summed E-state index contributed by atoms with van der Waals surface area (Å²) in [7, 11) is -10.2. The van der Waals surface area contributed by atoms with Crippen LogP contribution in [-0.4, -0.2) is 56.1 Å². The van der Waals surface area contributed by atoms with Crippen molar-refractivity contribution >= 4 is 78.7 Å². The van der Waals surface area contributed by atoms with Crippen molar-refractivity contribution in [3.63, 3.8) is 0 Å². The first kappa shape index (κ1) is 42.1. The van der Waals surface area contributed by atoms with E-state index < -0.39 is 41.8 Å². The van der Waals surface area contributed by atoms with Crippen LogP contribution in [0.4, 0.5) is 46.3 Å². The largest absolute Gasteiger partial charge is 1.00 e. The molecule has 0 saturated carbocycles. The minimum absolute atomic E-state index is 0. The molecule has 4 aromatic carbocycles. The summed E-state index contributed by atoms with van der Waals surface area (Å²) in [5, 5.41) is 31.8. The quantitative estimate of drug-likeness (QED) is 0.0526. The number of hydrogen-bond donors (Lipinski definition) is 6. The van der Waals surface area contributed by atoms with Crippen molar-refractivity contribution in [1.82, 2.24) is 19.9 Å². The molecule has 54 heavy (non-hydrogen) atoms. The smallest absolute Gasteiger partial charge is 0.744 e. The second-order valence-corrected chi connectivity index (χ2v) is 13.5. The SMILES string of the molecule is O=S(=O)([O-])c1cc(Nc2cc(O)nc(Nc3ccccc3)n2)ccc1C=Cc1ccc(Nc2cc(O)nc(Nc3ccccc3)n2)cc1S(=O)(=O)[O-].[Na+].[Na+]. The van der Waals surface area contributed by atoms with Gasteiger partial charge in [-0.05, 0) is 59.7 Å². The summed E-state index contributed by atoms with van der Waals surface area (Å²) in [4.78, 5) is 15.0. The van der Waals surface area contributed by atoms with E-state index in [4.69, 9.17) is 0 Å². The van der Waals surface area contributed by atoms with Gasteiger partial charge in [0.15, 0.2) is 0 Å². The molecule has 0 fully saturated rings. The van der Waals surface area contributed by atoms with Crippen molar-refractivity contribution in [2.75, 3.05) is 21.3 Å². The minimum atomic E-state index is -5.08. The molecule has 0 atom stereocenters. The summed E-state index contributed by atoms with van der Waals surface area (Å²) in [5.74, 6) is -0.563. The zero-order valence-electron chi connectivity index (χ0n) is 28.5. The van der Waals surface area contributed by atoms with Crippen LogP contribution in [0.2, 0.25) is 0 Å². The monoisotopic (exact) mass is 784 g/mol. The second-order valence-electron chi connectivity index (χ2n) is 10.8. The number of hydrogen-bond acceptors (Lipinski definition) is 16. The first-order chi connectivity index (χ1) is 24.8. The van der Waals surface area contributed by atoms with Crippen molar-refractivity contribution in [1.29, 1.82) is 0 Å². The summed E-state index contributed by atoms with van der Waals surface area (Å²) < 4.78 is 73.8. The Bertz CT molecular complexity index is 2340. The number of aromatic nitrogens is 4. The Kier molecular flexibility index (Phi) is 14.2. The molecule has 20 heteroatoms. The van der Waals surface area contributed by atoms with E-state index in [-0.39, 0.29) is 105 Å². The molecular formula is C34H26N8Na2O8S2. The van der Waals surface area contributed by atoms with Crippen LogP contribution in [0.5, 0.6) is 11.8 Å². The third-order valence-corrected chi connectivity index (χ3v) is 8.82. The Balaban J connectivity index is 0.00000325. The van der Waals surface area contributed by atoms with Crippen molar-refractivity contribution in [2.45, 2.75) is 9.79 Å². The number of para-hydroxylation sites is 2. The van der Waals surface area contributed by atoms with Gasteiger partial charge in [0.05, 0.1) is 9.79 Å². The van der Waals surface area contributed by atoms with Gasteiger partial charge in [0.25, 0.3) is 0 Å². The summed E-state index contributed by atoms with van der Waals surface area (Å²) in [5.41, 5.74) is 1.31. The minimum Gasteiger partial charge on any atom is -0.744 e. The summed E-state index contributed by atoms with van der Waals surface area (Å²) in [6.07, 6.45) is 2.35. The number of nitrogens with one attached hydrogen (secondary N) is 4. The number of anilines is 8. The molecule has 6 N–H and O–H groups in total. The van der Waals surface area contributed by atoms with Gasteiger partial charge in [0.1, 0.15) is 31.9 Å². The van der Waals surface area contributed by atoms with E-state index in [0.29, 0.717) is 11.4 Å². The molecule has 6 rings (SSSR count). The summed E-state index contributed by atoms with van der Waals surface area (Å²) >= 11 is 0. The van der Waals surface area contributed by atoms with Crippen molar-refractivity contribution in [2.24, 2.45) is 0 Å². The molecule has 264 valence electrons. The first-order valence-corrected chi connectivity index (χ1v) is 17.8. The van der Waals surface area contributed by atoms with Gasteiger partial charge in [-0.2, -0.15) is 19.9 Å². The van der Waals surface area contributed by atoms with Crippen molar-refractivity contribution in [3.05, 3.63) is 120 Å². The van der Waals surface area contributed by atoms with Gasteiger partial charge in [-0.25, -0.2) is 16.8 Å². The fourth-order valence-corrected chi connectivity index (χ4v) is 6.21. The average Bonchev–Trinajstić information content (AvgIpc) is 3.07. The third-order valence-electron chi connectivity index (χ3n) is 7.04. The van der Waals surface area contributed by atoms with Crippen LogP contribution >= 0.6 is 0 Å². The molecule has 0 unspecified atom stereocenters. The Morgan fingerprint density at radius 1 is 0.481 bits per heavy atom. The number of rotatable bonds is 12. The van der Waals surface area contributed by atoms with Gasteiger partial charge in [-0.15, -0.1) is 0 Å². The van der Waals surface area contributed by atoms with Crippen LogP contribution < -0.4 is 80.4 Å². The molecule has 2 aromatic heterocycles. The third kappa shape index (κ3) is 11.5. The molecule has 0 aliphatic rings. The van der Waals surface area contributed by atoms with Gasteiger partial charge in [0.2, 0.25) is 23.7 Å². The second kappa shape index (κ2) is 18.2. The van der Waals surface area contributed by atoms with E-state index in [1.54, 1.807) is 48.5 Å². The van der Waals surface area contributed by atoms with Gasteiger partial charge in [-0.3, -0.25) is 0 Å². The maximum absolute atomic E-state index is 12.3. The molecule has 6 aromatic rings. The molecule has 0 spiro atoms. The molecule has 16 nitrogen and oxygen atoms in total. The number of nitrogens with zero attached hydrogens (tertiary/aromatic N) is 4. The van der Waals surface area contributed by atoms with E-state index in [9.17, 15) is 36.2 Å². The average molecular weight is 785 g/mol. The van der Waals surface area contributed by atoms with E-state index in [2.05, 4.69) is 41.2 Å². The molecule has 0 bridgehead atoms. The van der Waals surface area contributed by atoms with Crippen LogP contribution in [0.15, 0.2) is 119 Å².